The monoisotopic (exact) mass is 578 g/mol. The Morgan fingerprint density at radius 1 is 0.878 bits per heavy atom. The number of nitrogens with zero attached hydrogens (tertiary/aromatic N) is 3. The first kappa shape index (κ1) is 31.8. The maximum Gasteiger partial charge on any atom is 0.304 e. The van der Waals surface area contributed by atoms with E-state index in [0.717, 1.165) is 42.8 Å². The van der Waals surface area contributed by atoms with Gasteiger partial charge in [0.25, 0.3) is 0 Å². The molecule has 0 saturated carbocycles. The summed E-state index contributed by atoms with van der Waals surface area (Å²) in [5.74, 6) is -0.737. The van der Waals surface area contributed by atoms with Gasteiger partial charge in [0.05, 0.1) is 5.69 Å². The number of nitrogens with one attached hydrogen (secondary N) is 1. The molecule has 3 aromatic carbocycles. The normalized spacial score (nSPS) is 12.2. The smallest absolute Gasteiger partial charge is 0.304 e. The molecule has 0 aliphatic heterocycles. The van der Waals surface area contributed by atoms with Crippen LogP contribution in [0, 0.1) is 20.8 Å². The first-order valence-electron chi connectivity index (χ1n) is 13.9. The van der Waals surface area contributed by atoms with Gasteiger partial charge in [0.2, 0.25) is 11.8 Å². The minimum Gasteiger partial charge on any atom is -0.354 e. The quantitative estimate of drug-likeness (QED) is 0.326. The predicted octanol–water partition coefficient (Wildman–Crippen LogP) is 4.39. The average Bonchev–Trinajstić information content (AvgIpc) is 2.94. The third-order valence-corrected chi connectivity index (χ3v) is 8.88. The maximum absolute atomic E-state index is 14.3. The molecule has 2 amide bonds. The molecule has 0 heterocycles. The van der Waals surface area contributed by atoms with Crippen LogP contribution in [0.15, 0.2) is 72.8 Å². The predicted molar refractivity (Wildman–Crippen MR) is 165 cm³/mol. The number of benzene rings is 3. The van der Waals surface area contributed by atoms with E-state index in [1.807, 2.05) is 94.4 Å². The first-order chi connectivity index (χ1) is 19.4. The lowest BCUT2D eigenvalue weighted by Crippen LogP contribution is -2.54. The molecule has 0 aliphatic carbocycles. The van der Waals surface area contributed by atoms with Crippen LogP contribution in [0.5, 0.6) is 0 Å². The topological polar surface area (TPSA) is 90.0 Å². The Kier molecular flexibility index (Phi) is 11.1. The van der Waals surface area contributed by atoms with Gasteiger partial charge in [-0.15, -0.1) is 0 Å². The van der Waals surface area contributed by atoms with Crippen LogP contribution in [0.2, 0.25) is 0 Å². The Morgan fingerprint density at radius 2 is 1.54 bits per heavy atom. The van der Waals surface area contributed by atoms with Crippen LogP contribution in [0.3, 0.4) is 0 Å². The molecule has 0 spiro atoms. The van der Waals surface area contributed by atoms with E-state index >= 15 is 0 Å². The fourth-order valence-corrected chi connectivity index (χ4v) is 5.69. The largest absolute Gasteiger partial charge is 0.354 e. The summed E-state index contributed by atoms with van der Waals surface area (Å²) in [6.45, 7) is 7.80. The van der Waals surface area contributed by atoms with Gasteiger partial charge in [-0.2, -0.15) is 12.7 Å². The van der Waals surface area contributed by atoms with Crippen LogP contribution in [-0.4, -0.2) is 62.7 Å². The Bertz CT molecular complexity index is 1440. The molecule has 0 radical (unpaired) electrons. The lowest BCUT2D eigenvalue weighted by atomic mass is 10.0. The fraction of sp³-hybridized carbons (Fsp3) is 0.375. The van der Waals surface area contributed by atoms with Crippen molar-refractivity contribution in [1.82, 2.24) is 14.5 Å². The number of aryl methyl sites for hydroxylation is 3. The lowest BCUT2D eigenvalue weighted by molar-refractivity contribution is -0.140. The van der Waals surface area contributed by atoms with Gasteiger partial charge in [-0.1, -0.05) is 73.7 Å². The van der Waals surface area contributed by atoms with Crippen molar-refractivity contribution in [2.75, 3.05) is 31.5 Å². The van der Waals surface area contributed by atoms with Gasteiger partial charge in [0.15, 0.2) is 0 Å². The fourth-order valence-electron chi connectivity index (χ4n) is 4.58. The van der Waals surface area contributed by atoms with E-state index in [1.54, 1.807) is 6.07 Å². The summed E-state index contributed by atoms with van der Waals surface area (Å²) >= 11 is 0. The first-order valence-corrected chi connectivity index (χ1v) is 15.3. The molecule has 220 valence electrons. The summed E-state index contributed by atoms with van der Waals surface area (Å²) in [6, 6.07) is 21.9. The van der Waals surface area contributed by atoms with Crippen molar-refractivity contribution < 1.29 is 18.0 Å². The Hall–Kier alpha value is -3.69. The summed E-state index contributed by atoms with van der Waals surface area (Å²) < 4.78 is 29.5. The van der Waals surface area contributed by atoms with Gasteiger partial charge in [0.1, 0.15) is 12.6 Å². The number of carbonyl (C=O) groups excluding carboxylic acids is 2. The maximum atomic E-state index is 14.3. The number of anilines is 1. The zero-order valence-electron chi connectivity index (χ0n) is 24.9. The summed E-state index contributed by atoms with van der Waals surface area (Å²) in [5, 5.41) is 2.97. The number of amides is 2. The molecule has 41 heavy (non-hydrogen) atoms. The molecule has 0 fully saturated rings. The number of hydrogen-bond donors (Lipinski definition) is 1. The van der Waals surface area contributed by atoms with Gasteiger partial charge in [-0.25, -0.2) is 4.31 Å². The third kappa shape index (κ3) is 8.17. The molecular formula is C32H42N4O4S. The number of carbonyl (C=O) groups is 2. The molecule has 9 heteroatoms. The standard InChI is InChI=1S/C32H42N4O4S/c1-7-19-33-32(38)30(21-27-14-9-8-10-15-27)35(22-28-16-12-11-13-25(28)3)31(37)23-36(41(39,40)34(5)6)29-20-24(2)17-18-26(29)4/h8-18,20,30H,7,19,21-23H2,1-6H3,(H,33,38)/t30-/m0/s1. The van der Waals surface area contributed by atoms with Crippen LogP contribution in [-0.2, 0) is 32.8 Å². The van der Waals surface area contributed by atoms with Crippen LogP contribution in [0.25, 0.3) is 0 Å². The molecule has 3 aromatic rings. The van der Waals surface area contributed by atoms with Crippen molar-refractivity contribution in [2.24, 2.45) is 0 Å². The lowest BCUT2D eigenvalue weighted by Gasteiger charge is -2.35. The van der Waals surface area contributed by atoms with Crippen molar-refractivity contribution in [1.29, 1.82) is 0 Å². The van der Waals surface area contributed by atoms with Crippen molar-refractivity contribution >= 4 is 27.7 Å². The SMILES string of the molecule is CCCNC(=O)[C@H](Cc1ccccc1)N(Cc1ccccc1C)C(=O)CN(c1cc(C)ccc1C)S(=O)(=O)N(C)C. The second kappa shape index (κ2) is 14.3. The van der Waals surface area contributed by atoms with Crippen molar-refractivity contribution in [3.8, 4) is 0 Å². The van der Waals surface area contributed by atoms with Crippen molar-refractivity contribution in [3.05, 3.63) is 101 Å². The molecule has 3 rings (SSSR count). The minimum absolute atomic E-state index is 0.158. The van der Waals surface area contributed by atoms with E-state index in [4.69, 9.17) is 0 Å². The summed E-state index contributed by atoms with van der Waals surface area (Å²) in [7, 11) is -1.15. The molecule has 8 nitrogen and oxygen atoms in total. The Morgan fingerprint density at radius 3 is 2.17 bits per heavy atom. The second-order valence-electron chi connectivity index (χ2n) is 10.5. The molecule has 0 aliphatic rings. The van der Waals surface area contributed by atoms with Crippen molar-refractivity contribution in [2.45, 2.75) is 53.1 Å². The van der Waals surface area contributed by atoms with Gasteiger partial charge in [0, 0.05) is 33.6 Å². The van der Waals surface area contributed by atoms with Crippen LogP contribution < -0.4 is 9.62 Å². The third-order valence-electron chi connectivity index (χ3n) is 7.07. The van der Waals surface area contributed by atoms with E-state index in [1.165, 1.54) is 19.0 Å². The highest BCUT2D eigenvalue weighted by molar-refractivity contribution is 7.90. The van der Waals surface area contributed by atoms with Gasteiger partial charge in [-0.05, 0) is 61.1 Å². The van der Waals surface area contributed by atoms with E-state index < -0.39 is 28.7 Å². The number of rotatable bonds is 13. The van der Waals surface area contributed by atoms with E-state index in [9.17, 15) is 18.0 Å². The van der Waals surface area contributed by atoms with Crippen LogP contribution >= 0.6 is 0 Å². The molecule has 0 saturated heterocycles. The molecule has 1 atom stereocenters. The molecule has 1 N–H and O–H groups in total. The van der Waals surface area contributed by atoms with E-state index in [-0.39, 0.29) is 18.9 Å². The van der Waals surface area contributed by atoms with Gasteiger partial charge < -0.3 is 10.2 Å². The highest BCUT2D eigenvalue weighted by atomic mass is 32.2. The zero-order chi connectivity index (χ0) is 30.2. The van der Waals surface area contributed by atoms with Gasteiger partial charge in [-0.3, -0.25) is 9.59 Å². The highest BCUT2D eigenvalue weighted by Gasteiger charge is 2.35. The minimum atomic E-state index is -4.04. The highest BCUT2D eigenvalue weighted by Crippen LogP contribution is 2.26. The van der Waals surface area contributed by atoms with E-state index in [0.29, 0.717) is 12.2 Å². The van der Waals surface area contributed by atoms with E-state index in [2.05, 4.69) is 5.32 Å². The summed E-state index contributed by atoms with van der Waals surface area (Å²) in [4.78, 5) is 29.5. The molecule has 0 bridgehead atoms. The summed E-state index contributed by atoms with van der Waals surface area (Å²) in [6.07, 6.45) is 1.04. The number of hydrogen-bond acceptors (Lipinski definition) is 4. The average molecular weight is 579 g/mol. The zero-order valence-corrected chi connectivity index (χ0v) is 25.7. The van der Waals surface area contributed by atoms with Crippen molar-refractivity contribution in [3.63, 3.8) is 0 Å². The molecule has 0 aromatic heterocycles. The Balaban J connectivity index is 2.13. The molecule has 0 unspecified atom stereocenters. The summed E-state index contributed by atoms with van der Waals surface area (Å²) in [5.41, 5.74) is 4.79. The Labute approximate surface area is 245 Å². The second-order valence-corrected chi connectivity index (χ2v) is 12.6. The van der Waals surface area contributed by atoms with Gasteiger partial charge >= 0.3 is 10.2 Å². The van der Waals surface area contributed by atoms with Crippen LogP contribution in [0.1, 0.15) is 41.2 Å². The van der Waals surface area contributed by atoms with Crippen LogP contribution in [0.4, 0.5) is 5.69 Å². The molecular weight excluding hydrogens is 536 g/mol.